The number of rotatable bonds is 2. The lowest BCUT2D eigenvalue weighted by Crippen LogP contribution is -2.13. The summed E-state index contributed by atoms with van der Waals surface area (Å²) in [5.41, 5.74) is 2.93. The van der Waals surface area contributed by atoms with E-state index in [0.717, 1.165) is 16.0 Å². The first-order valence-corrected chi connectivity index (χ1v) is 6.22. The van der Waals surface area contributed by atoms with Crippen molar-refractivity contribution in [2.45, 2.75) is 11.8 Å². The Labute approximate surface area is 118 Å². The van der Waals surface area contributed by atoms with E-state index in [-0.39, 0.29) is 5.91 Å². The zero-order chi connectivity index (χ0) is 13.8. The molecule has 1 amide bonds. The van der Waals surface area contributed by atoms with Gasteiger partial charge in [0.15, 0.2) is 0 Å². The third kappa shape index (κ3) is 3.18. The molecule has 0 unspecified atom stereocenters. The Kier molecular flexibility index (Phi) is 3.94. The number of hydrogen-bond acceptors (Lipinski definition) is 2. The average Bonchev–Trinajstić information content (AvgIpc) is 2.41. The lowest BCUT2D eigenvalue weighted by molar-refractivity contribution is 0.102. The molecular weight excluding hydrogens is 254 g/mol. The Morgan fingerprint density at radius 3 is 2.79 bits per heavy atom. The SMILES string of the molecule is C#Cc1cccc(NC(=O)c2cc(S)ccc2C)c1. The van der Waals surface area contributed by atoms with Gasteiger partial charge in [0.2, 0.25) is 0 Å². The fraction of sp³-hybridized carbons (Fsp3) is 0.0625. The number of carbonyl (C=O) groups is 1. The molecular formula is C16H13NOS. The highest BCUT2D eigenvalue weighted by atomic mass is 32.1. The molecule has 0 aliphatic heterocycles. The standard InChI is InChI=1S/C16H13NOS/c1-3-12-5-4-6-13(9-12)17-16(18)15-10-14(19)8-7-11(15)2/h1,4-10,19H,2H3,(H,17,18). The number of benzene rings is 2. The zero-order valence-electron chi connectivity index (χ0n) is 10.5. The van der Waals surface area contributed by atoms with Crippen molar-refractivity contribution in [3.05, 3.63) is 59.2 Å². The quantitative estimate of drug-likeness (QED) is 0.632. The van der Waals surface area contributed by atoms with Crippen molar-refractivity contribution in [2.75, 3.05) is 5.32 Å². The highest BCUT2D eigenvalue weighted by Crippen LogP contribution is 2.17. The van der Waals surface area contributed by atoms with Crippen LogP contribution in [0, 0.1) is 19.3 Å². The highest BCUT2D eigenvalue weighted by molar-refractivity contribution is 7.80. The molecule has 2 rings (SSSR count). The van der Waals surface area contributed by atoms with Crippen molar-refractivity contribution < 1.29 is 4.79 Å². The molecule has 19 heavy (non-hydrogen) atoms. The summed E-state index contributed by atoms with van der Waals surface area (Å²) in [7, 11) is 0. The molecule has 0 saturated carbocycles. The van der Waals surface area contributed by atoms with Gasteiger partial charge in [0, 0.05) is 21.7 Å². The van der Waals surface area contributed by atoms with Gasteiger partial charge in [0.05, 0.1) is 0 Å². The Morgan fingerprint density at radius 1 is 1.26 bits per heavy atom. The van der Waals surface area contributed by atoms with Gasteiger partial charge in [-0.1, -0.05) is 18.1 Å². The minimum Gasteiger partial charge on any atom is -0.322 e. The molecule has 0 atom stereocenters. The van der Waals surface area contributed by atoms with E-state index in [9.17, 15) is 4.79 Å². The molecule has 2 aromatic carbocycles. The molecule has 3 heteroatoms. The van der Waals surface area contributed by atoms with E-state index in [1.165, 1.54) is 0 Å². The third-order valence-corrected chi connectivity index (χ3v) is 3.03. The lowest BCUT2D eigenvalue weighted by atomic mass is 10.1. The normalized spacial score (nSPS) is 9.74. The molecule has 0 bridgehead atoms. The number of nitrogens with one attached hydrogen (secondary N) is 1. The van der Waals surface area contributed by atoms with Crippen molar-refractivity contribution in [2.24, 2.45) is 0 Å². The first kappa shape index (κ1) is 13.3. The summed E-state index contributed by atoms with van der Waals surface area (Å²) in [6.45, 7) is 1.89. The fourth-order valence-electron chi connectivity index (χ4n) is 1.74. The van der Waals surface area contributed by atoms with Crippen molar-refractivity contribution in [3.63, 3.8) is 0 Å². The maximum Gasteiger partial charge on any atom is 0.255 e. The van der Waals surface area contributed by atoms with Gasteiger partial charge in [0.25, 0.3) is 5.91 Å². The number of hydrogen-bond donors (Lipinski definition) is 2. The third-order valence-electron chi connectivity index (χ3n) is 2.75. The van der Waals surface area contributed by atoms with Gasteiger partial charge in [-0.05, 0) is 42.8 Å². The van der Waals surface area contributed by atoms with Crippen LogP contribution >= 0.6 is 12.6 Å². The number of amides is 1. The molecule has 0 aliphatic carbocycles. The largest absolute Gasteiger partial charge is 0.322 e. The van der Waals surface area contributed by atoms with Crippen LogP contribution in [0.15, 0.2) is 47.4 Å². The van der Waals surface area contributed by atoms with Gasteiger partial charge in [-0.15, -0.1) is 19.1 Å². The van der Waals surface area contributed by atoms with E-state index in [4.69, 9.17) is 6.42 Å². The van der Waals surface area contributed by atoms with Crippen LogP contribution < -0.4 is 5.32 Å². The molecule has 94 valence electrons. The zero-order valence-corrected chi connectivity index (χ0v) is 11.4. The number of aryl methyl sites for hydroxylation is 1. The summed E-state index contributed by atoms with van der Waals surface area (Å²) in [6.07, 6.45) is 5.33. The van der Waals surface area contributed by atoms with Gasteiger partial charge in [0.1, 0.15) is 0 Å². The van der Waals surface area contributed by atoms with Crippen LogP contribution in [-0.4, -0.2) is 5.91 Å². The second-order valence-electron chi connectivity index (χ2n) is 4.18. The summed E-state index contributed by atoms with van der Waals surface area (Å²) in [5.74, 6) is 2.37. The van der Waals surface area contributed by atoms with E-state index in [0.29, 0.717) is 11.3 Å². The van der Waals surface area contributed by atoms with E-state index in [1.54, 1.807) is 18.2 Å². The second-order valence-corrected chi connectivity index (χ2v) is 4.69. The van der Waals surface area contributed by atoms with Crippen LogP contribution in [0.5, 0.6) is 0 Å². The topological polar surface area (TPSA) is 29.1 Å². The van der Waals surface area contributed by atoms with Crippen LogP contribution in [0.2, 0.25) is 0 Å². The molecule has 0 spiro atoms. The summed E-state index contributed by atoms with van der Waals surface area (Å²) >= 11 is 4.25. The number of anilines is 1. The summed E-state index contributed by atoms with van der Waals surface area (Å²) in [5, 5.41) is 2.83. The molecule has 0 aliphatic rings. The molecule has 0 fully saturated rings. The van der Waals surface area contributed by atoms with E-state index in [2.05, 4.69) is 23.9 Å². The average molecular weight is 267 g/mol. The summed E-state index contributed by atoms with van der Waals surface area (Å²) in [4.78, 5) is 12.9. The lowest BCUT2D eigenvalue weighted by Gasteiger charge is -2.08. The monoisotopic (exact) mass is 267 g/mol. The Bertz CT molecular complexity index is 671. The van der Waals surface area contributed by atoms with Crippen molar-refractivity contribution in [3.8, 4) is 12.3 Å². The smallest absolute Gasteiger partial charge is 0.255 e. The first-order chi connectivity index (χ1) is 9.10. The van der Waals surface area contributed by atoms with Crippen molar-refractivity contribution in [1.29, 1.82) is 0 Å². The Morgan fingerprint density at radius 2 is 2.05 bits per heavy atom. The van der Waals surface area contributed by atoms with Crippen molar-refractivity contribution >= 4 is 24.2 Å². The van der Waals surface area contributed by atoms with E-state index >= 15 is 0 Å². The Balaban J connectivity index is 2.26. The highest BCUT2D eigenvalue weighted by Gasteiger charge is 2.09. The maximum atomic E-state index is 12.2. The van der Waals surface area contributed by atoms with Gasteiger partial charge in [-0.3, -0.25) is 4.79 Å². The van der Waals surface area contributed by atoms with Gasteiger partial charge >= 0.3 is 0 Å². The number of carbonyl (C=O) groups excluding carboxylic acids is 1. The van der Waals surface area contributed by atoms with E-state index < -0.39 is 0 Å². The van der Waals surface area contributed by atoms with Crippen LogP contribution in [0.4, 0.5) is 5.69 Å². The Hall–Kier alpha value is -2.18. The van der Waals surface area contributed by atoms with Crippen LogP contribution in [-0.2, 0) is 0 Å². The van der Waals surface area contributed by atoms with Crippen LogP contribution in [0.25, 0.3) is 0 Å². The molecule has 0 heterocycles. The molecule has 2 aromatic rings. The van der Waals surface area contributed by atoms with Gasteiger partial charge in [-0.25, -0.2) is 0 Å². The first-order valence-electron chi connectivity index (χ1n) is 5.78. The summed E-state index contributed by atoms with van der Waals surface area (Å²) in [6, 6.07) is 12.7. The maximum absolute atomic E-state index is 12.2. The van der Waals surface area contributed by atoms with Crippen molar-refractivity contribution in [1.82, 2.24) is 0 Å². The molecule has 2 nitrogen and oxygen atoms in total. The predicted molar refractivity (Wildman–Crippen MR) is 80.8 cm³/mol. The summed E-state index contributed by atoms with van der Waals surface area (Å²) < 4.78 is 0. The minimum atomic E-state index is -0.164. The number of terminal acetylenes is 1. The van der Waals surface area contributed by atoms with Crippen LogP contribution in [0.3, 0.4) is 0 Å². The second kappa shape index (κ2) is 5.64. The van der Waals surface area contributed by atoms with Crippen LogP contribution in [0.1, 0.15) is 21.5 Å². The fourth-order valence-corrected chi connectivity index (χ4v) is 1.94. The minimum absolute atomic E-state index is 0.164. The van der Waals surface area contributed by atoms with Gasteiger partial charge in [-0.2, -0.15) is 0 Å². The molecule has 0 aromatic heterocycles. The molecule has 0 radical (unpaired) electrons. The predicted octanol–water partition coefficient (Wildman–Crippen LogP) is 3.52. The number of thiol groups is 1. The molecule has 1 N–H and O–H groups in total. The molecule has 0 saturated heterocycles. The van der Waals surface area contributed by atoms with Gasteiger partial charge < -0.3 is 5.32 Å². The van der Waals surface area contributed by atoms with E-state index in [1.807, 2.05) is 31.2 Å².